The first-order chi connectivity index (χ1) is 9.78. The number of amides is 1. The average Bonchev–Trinajstić information content (AvgIpc) is 3.00. The SMILES string of the molecule is COCC(=O)Nc1ccccc1-c1cn2ccsc2n1. The Morgan fingerprint density at radius 1 is 1.45 bits per heavy atom. The number of para-hydroxylation sites is 1. The van der Waals surface area contributed by atoms with Gasteiger partial charge in [-0.3, -0.25) is 9.20 Å². The first kappa shape index (κ1) is 12.8. The lowest BCUT2D eigenvalue weighted by atomic mass is 10.1. The quantitative estimate of drug-likeness (QED) is 0.802. The van der Waals surface area contributed by atoms with Crippen molar-refractivity contribution in [1.82, 2.24) is 9.38 Å². The van der Waals surface area contributed by atoms with E-state index in [1.54, 1.807) is 11.3 Å². The summed E-state index contributed by atoms with van der Waals surface area (Å²) in [5, 5.41) is 4.82. The van der Waals surface area contributed by atoms with Crippen LogP contribution in [0.2, 0.25) is 0 Å². The molecular weight excluding hydrogens is 274 g/mol. The van der Waals surface area contributed by atoms with E-state index >= 15 is 0 Å². The van der Waals surface area contributed by atoms with Gasteiger partial charge in [-0.25, -0.2) is 4.98 Å². The van der Waals surface area contributed by atoms with E-state index in [2.05, 4.69) is 10.3 Å². The smallest absolute Gasteiger partial charge is 0.250 e. The molecule has 20 heavy (non-hydrogen) atoms. The summed E-state index contributed by atoms with van der Waals surface area (Å²) in [7, 11) is 1.50. The number of ether oxygens (including phenoxy) is 1. The minimum absolute atomic E-state index is 0.0343. The number of imidazole rings is 1. The van der Waals surface area contributed by atoms with Crippen LogP contribution in [0.25, 0.3) is 16.2 Å². The van der Waals surface area contributed by atoms with Gasteiger partial charge < -0.3 is 10.1 Å². The maximum Gasteiger partial charge on any atom is 0.250 e. The predicted molar refractivity (Wildman–Crippen MR) is 79.0 cm³/mol. The summed E-state index contributed by atoms with van der Waals surface area (Å²) in [6.45, 7) is 0.0343. The van der Waals surface area contributed by atoms with E-state index in [1.165, 1.54) is 7.11 Å². The fraction of sp³-hybridized carbons (Fsp3) is 0.143. The summed E-state index contributed by atoms with van der Waals surface area (Å²) >= 11 is 1.58. The molecule has 6 heteroatoms. The number of fused-ring (bicyclic) bond motifs is 1. The van der Waals surface area contributed by atoms with Crippen molar-refractivity contribution in [2.24, 2.45) is 0 Å². The van der Waals surface area contributed by atoms with Crippen molar-refractivity contribution in [1.29, 1.82) is 0 Å². The van der Waals surface area contributed by atoms with Crippen LogP contribution < -0.4 is 5.32 Å². The van der Waals surface area contributed by atoms with Gasteiger partial charge in [-0.1, -0.05) is 18.2 Å². The van der Waals surface area contributed by atoms with Gasteiger partial charge in [-0.15, -0.1) is 11.3 Å². The third kappa shape index (κ3) is 2.43. The molecule has 0 saturated heterocycles. The fourth-order valence-corrected chi connectivity index (χ4v) is 2.69. The second kappa shape index (κ2) is 5.44. The molecule has 0 spiro atoms. The number of nitrogens with one attached hydrogen (secondary N) is 1. The van der Waals surface area contributed by atoms with Crippen LogP contribution in [0.1, 0.15) is 0 Å². The average molecular weight is 287 g/mol. The van der Waals surface area contributed by atoms with E-state index in [4.69, 9.17) is 4.74 Å². The molecule has 3 rings (SSSR count). The van der Waals surface area contributed by atoms with Crippen LogP contribution in [0.5, 0.6) is 0 Å². The van der Waals surface area contributed by atoms with Gasteiger partial charge in [0.1, 0.15) is 6.61 Å². The summed E-state index contributed by atoms with van der Waals surface area (Å²) < 4.78 is 6.79. The molecule has 0 aliphatic heterocycles. The number of carbonyl (C=O) groups is 1. The Morgan fingerprint density at radius 3 is 3.10 bits per heavy atom. The number of rotatable bonds is 4. The van der Waals surface area contributed by atoms with Gasteiger partial charge in [-0.05, 0) is 6.07 Å². The van der Waals surface area contributed by atoms with E-state index in [9.17, 15) is 4.79 Å². The van der Waals surface area contributed by atoms with Crippen molar-refractivity contribution in [2.45, 2.75) is 0 Å². The monoisotopic (exact) mass is 287 g/mol. The predicted octanol–water partition coefficient (Wildman–Crippen LogP) is 2.65. The Labute approximate surface area is 119 Å². The zero-order chi connectivity index (χ0) is 13.9. The number of anilines is 1. The topological polar surface area (TPSA) is 55.6 Å². The zero-order valence-electron chi connectivity index (χ0n) is 10.9. The van der Waals surface area contributed by atoms with Crippen LogP contribution in [0.3, 0.4) is 0 Å². The Hall–Kier alpha value is -2.18. The van der Waals surface area contributed by atoms with Gasteiger partial charge in [-0.2, -0.15) is 0 Å². The van der Waals surface area contributed by atoms with Gasteiger partial charge in [0, 0.05) is 30.4 Å². The molecule has 2 aromatic heterocycles. The summed E-state index contributed by atoms with van der Waals surface area (Å²) in [6.07, 6.45) is 3.91. The van der Waals surface area contributed by atoms with Gasteiger partial charge in [0.05, 0.1) is 11.4 Å². The van der Waals surface area contributed by atoms with E-state index in [-0.39, 0.29) is 12.5 Å². The molecule has 5 nitrogen and oxygen atoms in total. The molecule has 0 aliphatic rings. The molecule has 1 N–H and O–H groups in total. The summed E-state index contributed by atoms with van der Waals surface area (Å²) in [6, 6.07) is 7.60. The lowest BCUT2D eigenvalue weighted by Crippen LogP contribution is -2.17. The van der Waals surface area contributed by atoms with E-state index in [0.717, 1.165) is 21.9 Å². The molecule has 2 heterocycles. The highest BCUT2D eigenvalue weighted by Crippen LogP contribution is 2.28. The third-order valence-corrected chi connectivity index (χ3v) is 3.62. The van der Waals surface area contributed by atoms with Gasteiger partial charge in [0.25, 0.3) is 0 Å². The molecule has 0 atom stereocenters. The Morgan fingerprint density at radius 2 is 2.30 bits per heavy atom. The second-order valence-electron chi connectivity index (χ2n) is 4.25. The molecule has 0 saturated carbocycles. The minimum Gasteiger partial charge on any atom is -0.375 e. The number of methoxy groups -OCH3 is 1. The molecular formula is C14H13N3O2S. The fourth-order valence-electron chi connectivity index (χ4n) is 1.99. The van der Waals surface area contributed by atoms with Gasteiger partial charge in [0.15, 0.2) is 4.96 Å². The number of thiazole rings is 1. The molecule has 0 aliphatic carbocycles. The standard InChI is InChI=1S/C14H13N3O2S/c1-19-9-13(18)15-11-5-3-2-4-10(11)12-8-17-6-7-20-14(17)16-12/h2-8H,9H2,1H3,(H,15,18). The Bertz CT molecular complexity index is 719. The summed E-state index contributed by atoms with van der Waals surface area (Å²) in [5.74, 6) is -0.180. The molecule has 0 bridgehead atoms. The highest BCUT2D eigenvalue weighted by molar-refractivity contribution is 7.15. The van der Waals surface area contributed by atoms with E-state index < -0.39 is 0 Å². The molecule has 0 fully saturated rings. The molecule has 1 aromatic carbocycles. The molecule has 102 valence electrons. The highest BCUT2D eigenvalue weighted by Gasteiger charge is 2.11. The number of nitrogens with zero attached hydrogens (tertiary/aromatic N) is 2. The van der Waals surface area contributed by atoms with E-state index in [1.807, 2.05) is 46.4 Å². The van der Waals surface area contributed by atoms with Crippen molar-refractivity contribution >= 4 is 27.9 Å². The summed E-state index contributed by atoms with van der Waals surface area (Å²) in [4.78, 5) is 17.1. The van der Waals surface area contributed by atoms with Crippen LogP contribution >= 0.6 is 11.3 Å². The van der Waals surface area contributed by atoms with E-state index in [0.29, 0.717) is 0 Å². The van der Waals surface area contributed by atoms with Crippen LogP contribution in [0.4, 0.5) is 5.69 Å². The van der Waals surface area contributed by atoms with Gasteiger partial charge in [0.2, 0.25) is 5.91 Å². The number of hydrogen-bond donors (Lipinski definition) is 1. The Kier molecular flexibility index (Phi) is 3.49. The second-order valence-corrected chi connectivity index (χ2v) is 5.12. The third-order valence-electron chi connectivity index (χ3n) is 2.85. The van der Waals surface area contributed by atoms with Crippen LogP contribution in [-0.4, -0.2) is 29.0 Å². The molecule has 3 aromatic rings. The molecule has 0 radical (unpaired) electrons. The lowest BCUT2D eigenvalue weighted by Gasteiger charge is -2.08. The van der Waals surface area contributed by atoms with Crippen molar-refractivity contribution in [3.05, 3.63) is 42.0 Å². The minimum atomic E-state index is -0.180. The van der Waals surface area contributed by atoms with Crippen molar-refractivity contribution in [3.63, 3.8) is 0 Å². The normalized spacial score (nSPS) is 10.8. The van der Waals surface area contributed by atoms with Crippen molar-refractivity contribution < 1.29 is 9.53 Å². The van der Waals surface area contributed by atoms with Crippen molar-refractivity contribution in [3.8, 4) is 11.3 Å². The van der Waals surface area contributed by atoms with Crippen molar-refractivity contribution in [2.75, 3.05) is 19.0 Å². The number of benzene rings is 1. The number of hydrogen-bond acceptors (Lipinski definition) is 4. The maximum absolute atomic E-state index is 11.7. The Balaban J connectivity index is 1.96. The first-order valence-electron chi connectivity index (χ1n) is 6.08. The number of carbonyl (C=O) groups excluding carboxylic acids is 1. The first-order valence-corrected chi connectivity index (χ1v) is 6.96. The number of aromatic nitrogens is 2. The molecule has 1 amide bonds. The van der Waals surface area contributed by atoms with Crippen LogP contribution in [0, 0.1) is 0 Å². The lowest BCUT2D eigenvalue weighted by molar-refractivity contribution is -0.119. The highest BCUT2D eigenvalue weighted by atomic mass is 32.1. The van der Waals surface area contributed by atoms with Crippen LogP contribution in [-0.2, 0) is 9.53 Å². The zero-order valence-corrected chi connectivity index (χ0v) is 11.7. The maximum atomic E-state index is 11.7. The largest absolute Gasteiger partial charge is 0.375 e. The van der Waals surface area contributed by atoms with Crippen LogP contribution in [0.15, 0.2) is 42.0 Å². The molecule has 0 unspecified atom stereocenters. The summed E-state index contributed by atoms with van der Waals surface area (Å²) in [5.41, 5.74) is 2.47. The van der Waals surface area contributed by atoms with Gasteiger partial charge >= 0.3 is 0 Å².